The highest BCUT2D eigenvalue weighted by molar-refractivity contribution is 5.79. The Morgan fingerprint density at radius 2 is 2.07 bits per heavy atom. The predicted molar refractivity (Wildman–Crippen MR) is 116 cm³/mol. The molecule has 2 rings (SSSR count). The van der Waals surface area contributed by atoms with Crippen LogP contribution in [0.25, 0.3) is 0 Å². The number of hydrogen-bond acceptors (Lipinski definition) is 4. The van der Waals surface area contributed by atoms with Crippen molar-refractivity contribution in [1.82, 2.24) is 15.5 Å². The molecule has 28 heavy (non-hydrogen) atoms. The first-order valence-electron chi connectivity index (χ1n) is 10.7. The van der Waals surface area contributed by atoms with Crippen molar-refractivity contribution in [3.8, 4) is 5.75 Å². The maximum atomic E-state index is 6.18. The molecule has 1 aromatic carbocycles. The Kier molecular flexibility index (Phi) is 10.1. The third kappa shape index (κ3) is 7.68. The topological polar surface area (TPSA) is 58.1 Å². The maximum absolute atomic E-state index is 6.18. The Labute approximate surface area is 170 Å². The number of aliphatic imine (C=N–C) groups is 1. The third-order valence-electron chi connectivity index (χ3n) is 5.16. The molecule has 0 bridgehead atoms. The second-order valence-electron chi connectivity index (χ2n) is 7.30. The molecule has 6 heteroatoms. The lowest BCUT2D eigenvalue weighted by Gasteiger charge is -2.19. The van der Waals surface area contributed by atoms with Gasteiger partial charge >= 0.3 is 0 Å². The fourth-order valence-electron chi connectivity index (χ4n) is 3.31. The summed E-state index contributed by atoms with van der Waals surface area (Å²) in [5.41, 5.74) is 2.34. The highest BCUT2D eigenvalue weighted by atomic mass is 16.5. The van der Waals surface area contributed by atoms with Crippen molar-refractivity contribution in [1.29, 1.82) is 0 Å². The first-order chi connectivity index (χ1) is 13.7. The Bertz CT molecular complexity index is 596. The molecule has 1 aliphatic heterocycles. The lowest BCUT2D eigenvalue weighted by atomic mass is 10.1. The van der Waals surface area contributed by atoms with Crippen LogP contribution in [0, 0.1) is 6.92 Å². The predicted octanol–water partition coefficient (Wildman–Crippen LogP) is 2.95. The number of nitrogens with one attached hydrogen (secondary N) is 2. The van der Waals surface area contributed by atoms with E-state index in [1.54, 1.807) is 0 Å². The van der Waals surface area contributed by atoms with Gasteiger partial charge in [0.05, 0.1) is 13.2 Å². The van der Waals surface area contributed by atoms with Crippen molar-refractivity contribution in [3.63, 3.8) is 0 Å². The molecular weight excluding hydrogens is 352 g/mol. The number of unbranched alkanes of at least 4 members (excludes halogenated alkanes) is 1. The van der Waals surface area contributed by atoms with Crippen LogP contribution in [0.2, 0.25) is 0 Å². The molecular formula is C22H38N4O2. The molecule has 6 nitrogen and oxygen atoms in total. The molecule has 1 fully saturated rings. The van der Waals surface area contributed by atoms with E-state index in [1.807, 2.05) is 7.05 Å². The number of nitrogens with zero attached hydrogens (tertiary/aromatic N) is 2. The van der Waals surface area contributed by atoms with E-state index >= 15 is 0 Å². The summed E-state index contributed by atoms with van der Waals surface area (Å²) in [6, 6.07) is 6.36. The molecule has 0 amide bonds. The minimum atomic E-state index is 0.156. The van der Waals surface area contributed by atoms with Crippen molar-refractivity contribution in [3.05, 3.63) is 29.3 Å². The van der Waals surface area contributed by atoms with Gasteiger partial charge in [-0.15, -0.1) is 0 Å². The largest absolute Gasteiger partial charge is 0.488 e. The van der Waals surface area contributed by atoms with Crippen LogP contribution in [-0.4, -0.2) is 63.4 Å². The summed E-state index contributed by atoms with van der Waals surface area (Å²) in [5, 5.41) is 6.82. The summed E-state index contributed by atoms with van der Waals surface area (Å²) in [4.78, 5) is 6.80. The lowest BCUT2D eigenvalue weighted by Crippen LogP contribution is -2.37. The van der Waals surface area contributed by atoms with Gasteiger partial charge in [0.15, 0.2) is 5.96 Å². The molecule has 0 aliphatic carbocycles. The molecule has 1 unspecified atom stereocenters. The number of guanidine groups is 1. The fraction of sp³-hybridized carbons (Fsp3) is 0.682. The average molecular weight is 391 g/mol. The van der Waals surface area contributed by atoms with E-state index in [-0.39, 0.29) is 6.10 Å². The zero-order valence-electron chi connectivity index (χ0n) is 18.1. The Morgan fingerprint density at radius 3 is 2.75 bits per heavy atom. The Hall–Kier alpha value is -1.79. The monoisotopic (exact) mass is 390 g/mol. The second-order valence-corrected chi connectivity index (χ2v) is 7.30. The molecule has 0 saturated carbocycles. The minimum absolute atomic E-state index is 0.156. The van der Waals surface area contributed by atoms with Crippen LogP contribution in [0.1, 0.15) is 44.2 Å². The average Bonchev–Trinajstić information content (AvgIpc) is 3.21. The molecule has 1 aromatic rings. The highest BCUT2D eigenvalue weighted by Crippen LogP contribution is 2.23. The molecule has 1 aliphatic rings. The summed E-state index contributed by atoms with van der Waals surface area (Å²) in [5.74, 6) is 1.77. The maximum Gasteiger partial charge on any atom is 0.191 e. The van der Waals surface area contributed by atoms with E-state index in [0.717, 1.165) is 62.9 Å². The van der Waals surface area contributed by atoms with Gasteiger partial charge in [-0.05, 0) is 51.0 Å². The molecule has 1 saturated heterocycles. The standard InChI is InChI=1S/C22H38N4O2/c1-5-26(6-2)13-8-7-12-24-22(23-4)25-16-19-10-9-18(3)15-21(19)28-20-11-14-27-17-20/h9-10,15,20H,5-8,11-14,16-17H2,1-4H3,(H2,23,24,25). The number of rotatable bonds is 11. The van der Waals surface area contributed by atoms with Crippen LogP contribution in [-0.2, 0) is 11.3 Å². The number of benzene rings is 1. The van der Waals surface area contributed by atoms with Gasteiger partial charge in [0.2, 0.25) is 0 Å². The summed E-state index contributed by atoms with van der Waals surface area (Å²) < 4.78 is 11.6. The number of hydrogen-bond donors (Lipinski definition) is 2. The van der Waals surface area contributed by atoms with Crippen LogP contribution in [0.15, 0.2) is 23.2 Å². The molecule has 0 radical (unpaired) electrons. The molecule has 0 aromatic heterocycles. The smallest absolute Gasteiger partial charge is 0.191 e. The van der Waals surface area contributed by atoms with Crippen molar-refractivity contribution in [2.24, 2.45) is 4.99 Å². The van der Waals surface area contributed by atoms with E-state index in [4.69, 9.17) is 9.47 Å². The van der Waals surface area contributed by atoms with Crippen LogP contribution >= 0.6 is 0 Å². The quantitative estimate of drug-likeness (QED) is 0.346. The summed E-state index contributed by atoms with van der Waals surface area (Å²) in [6.07, 6.45) is 3.45. The SMILES string of the molecule is CCN(CC)CCCCNC(=NC)NCc1ccc(C)cc1OC1CCOC1. The molecule has 158 valence electrons. The normalized spacial score (nSPS) is 17.2. The van der Waals surface area contributed by atoms with Gasteiger partial charge in [0, 0.05) is 32.1 Å². The lowest BCUT2D eigenvalue weighted by molar-refractivity contribution is 0.140. The van der Waals surface area contributed by atoms with E-state index < -0.39 is 0 Å². The third-order valence-corrected chi connectivity index (χ3v) is 5.16. The summed E-state index contributed by atoms with van der Waals surface area (Å²) in [6.45, 7) is 13.0. The van der Waals surface area contributed by atoms with Gasteiger partial charge in [0.1, 0.15) is 11.9 Å². The van der Waals surface area contributed by atoms with Crippen molar-refractivity contribution >= 4 is 5.96 Å². The zero-order valence-corrected chi connectivity index (χ0v) is 18.1. The van der Waals surface area contributed by atoms with Gasteiger partial charge in [-0.1, -0.05) is 26.0 Å². The Morgan fingerprint density at radius 1 is 1.25 bits per heavy atom. The molecule has 1 atom stereocenters. The van der Waals surface area contributed by atoms with Crippen LogP contribution in [0.5, 0.6) is 5.75 Å². The van der Waals surface area contributed by atoms with Crippen LogP contribution in [0.4, 0.5) is 0 Å². The van der Waals surface area contributed by atoms with Crippen molar-refractivity contribution < 1.29 is 9.47 Å². The summed E-state index contributed by atoms with van der Waals surface area (Å²) in [7, 11) is 1.81. The number of aryl methyl sites for hydroxylation is 1. The number of ether oxygens (including phenoxy) is 2. The first kappa shape index (κ1) is 22.5. The van der Waals surface area contributed by atoms with E-state index in [2.05, 4.69) is 59.5 Å². The summed E-state index contributed by atoms with van der Waals surface area (Å²) >= 11 is 0. The van der Waals surface area contributed by atoms with Crippen molar-refractivity contribution in [2.45, 2.75) is 52.7 Å². The van der Waals surface area contributed by atoms with E-state index in [0.29, 0.717) is 13.2 Å². The fourth-order valence-corrected chi connectivity index (χ4v) is 3.31. The second kappa shape index (κ2) is 12.6. The van der Waals surface area contributed by atoms with Crippen molar-refractivity contribution in [2.75, 3.05) is 46.4 Å². The molecule has 2 N–H and O–H groups in total. The van der Waals surface area contributed by atoms with E-state index in [9.17, 15) is 0 Å². The van der Waals surface area contributed by atoms with Crippen LogP contribution < -0.4 is 15.4 Å². The van der Waals surface area contributed by atoms with Crippen LogP contribution in [0.3, 0.4) is 0 Å². The minimum Gasteiger partial charge on any atom is -0.488 e. The van der Waals surface area contributed by atoms with Gasteiger partial charge in [0.25, 0.3) is 0 Å². The van der Waals surface area contributed by atoms with Gasteiger partial charge in [-0.3, -0.25) is 4.99 Å². The van der Waals surface area contributed by atoms with E-state index in [1.165, 1.54) is 12.0 Å². The Balaban J connectivity index is 1.77. The molecule has 0 spiro atoms. The van der Waals surface area contributed by atoms with Gasteiger partial charge in [-0.2, -0.15) is 0 Å². The van der Waals surface area contributed by atoms with Gasteiger partial charge < -0.3 is 25.0 Å². The highest BCUT2D eigenvalue weighted by Gasteiger charge is 2.18. The zero-order chi connectivity index (χ0) is 20.2. The van der Waals surface area contributed by atoms with Gasteiger partial charge in [-0.25, -0.2) is 0 Å². The molecule has 1 heterocycles. The first-order valence-corrected chi connectivity index (χ1v) is 10.7.